The number of hydrogen-bond donors (Lipinski definition) is 1. The summed E-state index contributed by atoms with van der Waals surface area (Å²) in [5, 5.41) is 10.0. The van der Waals surface area contributed by atoms with Crippen LogP contribution in [0.25, 0.3) is 0 Å². The van der Waals surface area contributed by atoms with E-state index in [9.17, 15) is 28.0 Å². The molecule has 1 aromatic rings. The number of amides is 1. The van der Waals surface area contributed by atoms with Gasteiger partial charge in [0.2, 0.25) is 0 Å². The number of ketones is 1. The summed E-state index contributed by atoms with van der Waals surface area (Å²) in [5.74, 6) is -1.32. The van der Waals surface area contributed by atoms with Gasteiger partial charge < -0.3 is 0 Å². The fraction of sp³-hybridized carbons (Fsp3) is 0.385. The lowest BCUT2D eigenvalue weighted by Gasteiger charge is -2.18. The van der Waals surface area contributed by atoms with Crippen molar-refractivity contribution in [2.24, 2.45) is 5.92 Å². The maximum atomic E-state index is 12.4. The highest BCUT2D eigenvalue weighted by Gasteiger charge is 2.33. The lowest BCUT2D eigenvalue weighted by Crippen LogP contribution is -2.32. The topological polar surface area (TPSA) is 57.6 Å². The Bertz CT molecular complexity index is 525. The Morgan fingerprint density at radius 3 is 2.30 bits per heavy atom. The van der Waals surface area contributed by atoms with E-state index < -0.39 is 23.6 Å². The molecule has 0 saturated heterocycles. The van der Waals surface area contributed by atoms with Crippen molar-refractivity contribution in [2.75, 3.05) is 5.06 Å². The second kappa shape index (κ2) is 5.24. The van der Waals surface area contributed by atoms with Gasteiger partial charge in [-0.05, 0) is 30.7 Å². The highest BCUT2D eigenvalue weighted by molar-refractivity contribution is 5.97. The van der Waals surface area contributed by atoms with Gasteiger partial charge in [-0.1, -0.05) is 0 Å². The van der Waals surface area contributed by atoms with Gasteiger partial charge in [-0.2, -0.15) is 18.2 Å². The number of carbonyl (C=O) groups excluding carboxylic acids is 2. The number of carbonyl (C=O) groups is 2. The molecule has 1 aromatic carbocycles. The van der Waals surface area contributed by atoms with Crippen LogP contribution in [-0.4, -0.2) is 16.9 Å². The Kier molecular flexibility index (Phi) is 3.80. The summed E-state index contributed by atoms with van der Waals surface area (Å²) in [6, 6.07) is 3.59. The second-order valence-electron chi connectivity index (χ2n) is 4.67. The number of halogens is 3. The summed E-state index contributed by atoms with van der Waals surface area (Å²) in [6.45, 7) is 0. The monoisotopic (exact) mass is 287 g/mol. The van der Waals surface area contributed by atoms with Gasteiger partial charge in [0.05, 0.1) is 11.3 Å². The first kappa shape index (κ1) is 14.5. The molecule has 7 heteroatoms. The van der Waals surface area contributed by atoms with Crippen molar-refractivity contribution >= 4 is 17.4 Å². The van der Waals surface area contributed by atoms with Gasteiger partial charge >= 0.3 is 6.18 Å². The first-order valence-corrected chi connectivity index (χ1v) is 6.01. The maximum Gasteiger partial charge on any atom is 0.416 e. The molecule has 2 rings (SSSR count). The minimum atomic E-state index is -4.47. The molecule has 1 unspecified atom stereocenters. The van der Waals surface area contributed by atoms with Crippen LogP contribution in [0.5, 0.6) is 0 Å². The molecule has 0 heterocycles. The lowest BCUT2D eigenvalue weighted by molar-refractivity contribution is -0.137. The smallest absolute Gasteiger partial charge is 0.300 e. The third-order valence-corrected chi connectivity index (χ3v) is 3.24. The normalized spacial score (nSPS) is 19.2. The summed E-state index contributed by atoms with van der Waals surface area (Å²) in [7, 11) is 0. The van der Waals surface area contributed by atoms with Crippen LogP contribution in [0.15, 0.2) is 24.3 Å². The molecule has 1 saturated carbocycles. The fourth-order valence-corrected chi connectivity index (χ4v) is 2.12. The van der Waals surface area contributed by atoms with E-state index in [2.05, 4.69) is 0 Å². The van der Waals surface area contributed by atoms with Crippen molar-refractivity contribution in [1.29, 1.82) is 0 Å². The third-order valence-electron chi connectivity index (χ3n) is 3.24. The molecule has 0 radical (unpaired) electrons. The Hall–Kier alpha value is -1.89. The van der Waals surface area contributed by atoms with Gasteiger partial charge in [-0.15, -0.1) is 0 Å². The summed E-state index contributed by atoms with van der Waals surface area (Å²) < 4.78 is 37.2. The van der Waals surface area contributed by atoms with Gasteiger partial charge in [0, 0.05) is 18.8 Å². The molecule has 1 N–H and O–H groups in total. The van der Waals surface area contributed by atoms with Crippen molar-refractivity contribution in [3.8, 4) is 0 Å². The number of rotatable bonds is 2. The number of nitrogens with zero attached hydrogens (tertiary/aromatic N) is 1. The summed E-state index contributed by atoms with van der Waals surface area (Å²) >= 11 is 0. The molecule has 1 fully saturated rings. The Labute approximate surface area is 112 Å². The summed E-state index contributed by atoms with van der Waals surface area (Å²) in [4.78, 5) is 23.0. The molecule has 1 atom stereocenters. The van der Waals surface area contributed by atoms with E-state index in [4.69, 9.17) is 0 Å². The van der Waals surface area contributed by atoms with Crippen LogP contribution in [0.4, 0.5) is 18.9 Å². The lowest BCUT2D eigenvalue weighted by atomic mass is 10.1. The number of Topliss-reactive ketones (excluding diaryl/α,β-unsaturated/α-hetero) is 1. The van der Waals surface area contributed by atoms with Crippen LogP contribution in [0.1, 0.15) is 24.8 Å². The number of anilines is 1. The highest BCUT2D eigenvalue weighted by Crippen LogP contribution is 2.31. The molecular weight excluding hydrogens is 275 g/mol. The first-order chi connectivity index (χ1) is 9.29. The zero-order chi connectivity index (χ0) is 14.9. The summed E-state index contributed by atoms with van der Waals surface area (Å²) in [5.41, 5.74) is -0.916. The first-order valence-electron chi connectivity index (χ1n) is 6.01. The van der Waals surface area contributed by atoms with E-state index in [0.29, 0.717) is 11.5 Å². The average molecular weight is 287 g/mol. The largest absolute Gasteiger partial charge is 0.416 e. The van der Waals surface area contributed by atoms with Gasteiger partial charge in [-0.3, -0.25) is 14.8 Å². The van der Waals surface area contributed by atoms with Crippen molar-refractivity contribution in [2.45, 2.75) is 25.4 Å². The number of hydroxylamine groups is 1. The maximum absolute atomic E-state index is 12.4. The van der Waals surface area contributed by atoms with E-state index in [1.807, 2.05) is 0 Å². The Morgan fingerprint density at radius 2 is 1.85 bits per heavy atom. The zero-order valence-electron chi connectivity index (χ0n) is 10.4. The molecule has 1 aliphatic carbocycles. The average Bonchev–Trinajstić information content (AvgIpc) is 2.83. The Balaban J connectivity index is 2.11. The molecule has 4 nitrogen and oxygen atoms in total. The van der Waals surface area contributed by atoms with Gasteiger partial charge in [0.1, 0.15) is 5.78 Å². The van der Waals surface area contributed by atoms with E-state index >= 15 is 0 Å². The predicted molar refractivity (Wildman–Crippen MR) is 63.1 cm³/mol. The number of benzene rings is 1. The highest BCUT2D eigenvalue weighted by atomic mass is 19.4. The standard InChI is InChI=1S/C13H12F3NO3/c14-13(15,16)9-2-4-10(5-3-9)17(20)12(19)8-1-6-11(18)7-8/h2-5,8,20H,1,6-7H2. The molecular formula is C13H12F3NO3. The molecule has 20 heavy (non-hydrogen) atoms. The van der Waals surface area contributed by atoms with Gasteiger partial charge in [0.15, 0.2) is 0 Å². The van der Waals surface area contributed by atoms with E-state index in [-0.39, 0.29) is 24.3 Å². The molecule has 108 valence electrons. The third kappa shape index (κ3) is 2.98. The molecule has 1 aliphatic rings. The molecule has 0 aliphatic heterocycles. The van der Waals surface area contributed by atoms with Crippen molar-refractivity contribution in [3.63, 3.8) is 0 Å². The quantitative estimate of drug-likeness (QED) is 0.672. The number of alkyl halides is 3. The van der Waals surface area contributed by atoms with Crippen LogP contribution in [0, 0.1) is 5.92 Å². The van der Waals surface area contributed by atoms with Crippen LogP contribution in [-0.2, 0) is 15.8 Å². The zero-order valence-corrected chi connectivity index (χ0v) is 10.4. The summed E-state index contributed by atoms with van der Waals surface area (Å²) in [6.07, 6.45) is -3.76. The second-order valence-corrected chi connectivity index (χ2v) is 4.67. The predicted octanol–water partition coefficient (Wildman–Crippen LogP) is 2.80. The minimum absolute atomic E-state index is 0.0517. The van der Waals surface area contributed by atoms with Crippen LogP contribution in [0.2, 0.25) is 0 Å². The minimum Gasteiger partial charge on any atom is -0.300 e. The van der Waals surface area contributed by atoms with Crippen molar-refractivity contribution < 1.29 is 28.0 Å². The Morgan fingerprint density at radius 1 is 1.25 bits per heavy atom. The van der Waals surface area contributed by atoms with Crippen molar-refractivity contribution in [1.82, 2.24) is 0 Å². The molecule has 0 spiro atoms. The van der Waals surface area contributed by atoms with Crippen LogP contribution < -0.4 is 5.06 Å². The SMILES string of the molecule is O=C1CCC(C(=O)N(O)c2ccc(C(F)(F)F)cc2)C1. The number of hydrogen-bond acceptors (Lipinski definition) is 3. The molecule has 1 amide bonds. The molecule has 0 bridgehead atoms. The fourth-order valence-electron chi connectivity index (χ4n) is 2.12. The van der Waals surface area contributed by atoms with Crippen LogP contribution in [0.3, 0.4) is 0 Å². The van der Waals surface area contributed by atoms with E-state index in [1.54, 1.807) is 0 Å². The van der Waals surface area contributed by atoms with E-state index in [1.165, 1.54) is 0 Å². The van der Waals surface area contributed by atoms with Gasteiger partial charge in [0.25, 0.3) is 5.91 Å². The van der Waals surface area contributed by atoms with Crippen molar-refractivity contribution in [3.05, 3.63) is 29.8 Å². The van der Waals surface area contributed by atoms with Crippen LogP contribution >= 0.6 is 0 Å². The van der Waals surface area contributed by atoms with E-state index in [0.717, 1.165) is 24.3 Å². The van der Waals surface area contributed by atoms with Gasteiger partial charge in [-0.25, -0.2) is 0 Å². The molecule has 0 aromatic heterocycles.